The lowest BCUT2D eigenvalue weighted by atomic mass is 10.1. The van der Waals surface area contributed by atoms with Crippen LogP contribution in [0.15, 0.2) is 6.20 Å². The van der Waals surface area contributed by atoms with E-state index in [2.05, 4.69) is 10.4 Å². The maximum Gasteiger partial charge on any atom is 0.280 e. The van der Waals surface area contributed by atoms with Crippen LogP contribution in [0, 0.1) is 0 Å². The van der Waals surface area contributed by atoms with E-state index in [-0.39, 0.29) is 17.3 Å². The summed E-state index contributed by atoms with van der Waals surface area (Å²) in [6.07, 6.45) is 5.73. The molecule has 3 nitrogen and oxygen atoms in total. The predicted octanol–water partition coefficient (Wildman–Crippen LogP) is 4.60. The average Bonchev–Trinajstić information content (AvgIpc) is 2.62. The van der Waals surface area contributed by atoms with Crippen LogP contribution in [-0.2, 0) is 6.54 Å². The van der Waals surface area contributed by atoms with Crippen LogP contribution in [0.5, 0.6) is 0 Å². The van der Waals surface area contributed by atoms with E-state index in [4.69, 9.17) is 0 Å². The van der Waals surface area contributed by atoms with Crippen molar-refractivity contribution in [2.75, 3.05) is 0 Å². The molecular weight excluding hydrogens is 272 g/mol. The van der Waals surface area contributed by atoms with Gasteiger partial charge in [0.05, 0.1) is 12.2 Å². The Hall–Kier alpha value is -0.970. The summed E-state index contributed by atoms with van der Waals surface area (Å²) in [6.45, 7) is 6.54. The molecule has 0 spiro atoms. The number of nitrogens with one attached hydrogen (secondary N) is 1. The zero-order valence-electron chi connectivity index (χ0n) is 13.3. The Morgan fingerprint density at radius 3 is 2.38 bits per heavy atom. The quantitative estimate of drug-likeness (QED) is 0.823. The minimum atomic E-state index is -2.47. The third-order valence-corrected chi connectivity index (χ3v) is 4.10. The van der Waals surface area contributed by atoms with Crippen LogP contribution in [0.4, 0.5) is 8.78 Å². The van der Waals surface area contributed by atoms with Crippen molar-refractivity contribution >= 4 is 0 Å². The van der Waals surface area contributed by atoms with Gasteiger partial charge in [0, 0.05) is 17.6 Å². The molecule has 0 amide bonds. The molecule has 1 aromatic heterocycles. The lowest BCUT2D eigenvalue weighted by molar-refractivity contribution is 0.133. The number of halogens is 2. The molecule has 2 rings (SSSR count). The third kappa shape index (κ3) is 4.50. The second-order valence-electron chi connectivity index (χ2n) is 7.05. The van der Waals surface area contributed by atoms with Crippen molar-refractivity contribution in [3.8, 4) is 0 Å². The summed E-state index contributed by atoms with van der Waals surface area (Å²) < 4.78 is 28.6. The summed E-state index contributed by atoms with van der Waals surface area (Å²) in [6, 6.07) is 0.139. The normalized spacial score (nSPS) is 18.2. The molecule has 120 valence electrons. The zero-order valence-corrected chi connectivity index (χ0v) is 13.3. The molecule has 1 heterocycles. The first-order valence-electron chi connectivity index (χ1n) is 7.98. The molecule has 1 aliphatic carbocycles. The van der Waals surface area contributed by atoms with E-state index in [1.165, 1.54) is 12.8 Å². The lowest BCUT2D eigenvalue weighted by Crippen LogP contribution is -2.35. The van der Waals surface area contributed by atoms with Crippen molar-refractivity contribution in [1.29, 1.82) is 0 Å². The van der Waals surface area contributed by atoms with Gasteiger partial charge < -0.3 is 5.32 Å². The number of alkyl halides is 2. The molecule has 0 radical (unpaired) electrons. The monoisotopic (exact) mass is 299 g/mol. The highest BCUT2D eigenvalue weighted by molar-refractivity contribution is 5.20. The van der Waals surface area contributed by atoms with Gasteiger partial charge in [-0.2, -0.15) is 5.10 Å². The molecule has 0 aliphatic heterocycles. The second kappa shape index (κ2) is 6.86. The summed E-state index contributed by atoms with van der Waals surface area (Å²) in [5.74, 6) is 0. The smallest absolute Gasteiger partial charge is 0.280 e. The topological polar surface area (TPSA) is 29.9 Å². The SMILES string of the molecule is CC(C)(C)NCc1cnn(C2CCCCCC2)c1C(F)F. The summed E-state index contributed by atoms with van der Waals surface area (Å²) in [7, 11) is 0. The van der Waals surface area contributed by atoms with Gasteiger partial charge in [0.1, 0.15) is 5.69 Å². The van der Waals surface area contributed by atoms with Crippen molar-refractivity contribution in [1.82, 2.24) is 15.1 Å². The van der Waals surface area contributed by atoms with E-state index >= 15 is 0 Å². The number of nitrogens with zero attached hydrogens (tertiary/aromatic N) is 2. The lowest BCUT2D eigenvalue weighted by Gasteiger charge is -2.21. The van der Waals surface area contributed by atoms with E-state index in [1.807, 2.05) is 20.8 Å². The number of hydrogen-bond donors (Lipinski definition) is 1. The van der Waals surface area contributed by atoms with Crippen molar-refractivity contribution < 1.29 is 8.78 Å². The summed E-state index contributed by atoms with van der Waals surface area (Å²) >= 11 is 0. The molecule has 5 heteroatoms. The maximum atomic E-state index is 13.5. The summed E-state index contributed by atoms with van der Waals surface area (Å²) in [5, 5.41) is 7.58. The Balaban J connectivity index is 2.19. The van der Waals surface area contributed by atoms with Gasteiger partial charge in [-0.1, -0.05) is 25.7 Å². The fourth-order valence-corrected chi connectivity index (χ4v) is 2.94. The van der Waals surface area contributed by atoms with Gasteiger partial charge >= 0.3 is 0 Å². The average molecular weight is 299 g/mol. The van der Waals surface area contributed by atoms with Gasteiger partial charge in [-0.25, -0.2) is 8.78 Å². The molecular formula is C16H27F2N3. The largest absolute Gasteiger partial charge is 0.308 e. The maximum absolute atomic E-state index is 13.5. The predicted molar refractivity (Wildman–Crippen MR) is 80.5 cm³/mol. The summed E-state index contributed by atoms with van der Waals surface area (Å²) in [4.78, 5) is 0. The molecule has 1 N–H and O–H groups in total. The number of aromatic nitrogens is 2. The van der Waals surface area contributed by atoms with Crippen molar-refractivity contribution in [2.45, 2.75) is 83.8 Å². The Bertz CT molecular complexity index is 441. The molecule has 0 saturated heterocycles. The highest BCUT2D eigenvalue weighted by Crippen LogP contribution is 2.32. The van der Waals surface area contributed by atoms with Gasteiger partial charge in [0.25, 0.3) is 6.43 Å². The highest BCUT2D eigenvalue weighted by Gasteiger charge is 2.25. The van der Waals surface area contributed by atoms with E-state index < -0.39 is 6.43 Å². The van der Waals surface area contributed by atoms with Crippen LogP contribution in [0.3, 0.4) is 0 Å². The highest BCUT2D eigenvalue weighted by atomic mass is 19.3. The molecule has 0 bridgehead atoms. The van der Waals surface area contributed by atoms with E-state index in [9.17, 15) is 8.78 Å². The number of hydrogen-bond acceptors (Lipinski definition) is 2. The standard InChI is InChI=1S/C16H27F2N3/c1-16(2,3)19-10-12-11-20-21(14(12)15(17)18)13-8-6-4-5-7-9-13/h11,13,15,19H,4-10H2,1-3H3. The van der Waals surface area contributed by atoms with Gasteiger partial charge in [-0.05, 0) is 33.6 Å². The Morgan fingerprint density at radius 2 is 1.86 bits per heavy atom. The van der Waals surface area contributed by atoms with Gasteiger partial charge in [-0.15, -0.1) is 0 Å². The van der Waals surface area contributed by atoms with Crippen LogP contribution in [0.2, 0.25) is 0 Å². The molecule has 1 fully saturated rings. The van der Waals surface area contributed by atoms with E-state index in [0.29, 0.717) is 12.1 Å². The molecule has 0 aromatic carbocycles. The van der Waals surface area contributed by atoms with Crippen LogP contribution >= 0.6 is 0 Å². The second-order valence-corrected chi connectivity index (χ2v) is 7.05. The van der Waals surface area contributed by atoms with Gasteiger partial charge in [0.2, 0.25) is 0 Å². The Morgan fingerprint density at radius 1 is 1.24 bits per heavy atom. The molecule has 1 aliphatic rings. The van der Waals surface area contributed by atoms with Gasteiger partial charge in [0.15, 0.2) is 0 Å². The minimum Gasteiger partial charge on any atom is -0.308 e. The van der Waals surface area contributed by atoms with Crippen LogP contribution in [0.25, 0.3) is 0 Å². The van der Waals surface area contributed by atoms with Crippen LogP contribution < -0.4 is 5.32 Å². The fourth-order valence-electron chi connectivity index (χ4n) is 2.94. The van der Waals surface area contributed by atoms with Crippen molar-refractivity contribution in [3.63, 3.8) is 0 Å². The van der Waals surface area contributed by atoms with E-state index in [1.54, 1.807) is 10.9 Å². The molecule has 0 unspecified atom stereocenters. The third-order valence-electron chi connectivity index (χ3n) is 4.10. The minimum absolute atomic E-state index is 0.0934. The first kappa shape index (κ1) is 16.4. The van der Waals surface area contributed by atoms with Crippen molar-refractivity contribution in [3.05, 3.63) is 17.5 Å². The van der Waals surface area contributed by atoms with Gasteiger partial charge in [-0.3, -0.25) is 4.68 Å². The summed E-state index contributed by atoms with van der Waals surface area (Å²) in [5.41, 5.74) is 0.645. The molecule has 1 aromatic rings. The van der Waals surface area contributed by atoms with Crippen LogP contribution in [0.1, 0.15) is 83.0 Å². The van der Waals surface area contributed by atoms with Crippen LogP contribution in [-0.4, -0.2) is 15.3 Å². The molecule has 21 heavy (non-hydrogen) atoms. The molecule has 0 atom stereocenters. The zero-order chi connectivity index (χ0) is 15.5. The first-order chi connectivity index (χ1) is 9.88. The molecule has 1 saturated carbocycles. The van der Waals surface area contributed by atoms with E-state index in [0.717, 1.165) is 25.7 Å². The van der Waals surface area contributed by atoms with Crippen molar-refractivity contribution in [2.24, 2.45) is 0 Å². The first-order valence-corrected chi connectivity index (χ1v) is 7.98. The number of rotatable bonds is 4. The fraction of sp³-hybridized carbons (Fsp3) is 0.812. The Labute approximate surface area is 126 Å². The Kier molecular flexibility index (Phi) is 5.36.